The van der Waals surface area contributed by atoms with Crippen molar-refractivity contribution in [2.24, 2.45) is 14.1 Å². The van der Waals surface area contributed by atoms with Crippen molar-refractivity contribution in [3.05, 3.63) is 69.7 Å². The van der Waals surface area contributed by atoms with Crippen LogP contribution in [0, 0.1) is 5.82 Å². The number of hydrogen-bond donors (Lipinski definition) is 2. The number of hydrogen-bond acceptors (Lipinski definition) is 5. The van der Waals surface area contributed by atoms with E-state index in [1.54, 1.807) is 17.8 Å². The van der Waals surface area contributed by atoms with Gasteiger partial charge in [-0.15, -0.1) is 4.83 Å². The molecule has 0 fully saturated rings. The van der Waals surface area contributed by atoms with Gasteiger partial charge >= 0.3 is 0 Å². The maximum Gasteiger partial charge on any atom is 0.269 e. The van der Waals surface area contributed by atoms with Crippen LogP contribution in [0.1, 0.15) is 10.4 Å². The van der Waals surface area contributed by atoms with Gasteiger partial charge < -0.3 is 9.13 Å². The highest BCUT2D eigenvalue weighted by molar-refractivity contribution is 7.89. The molecular formula is C17H15ClFN5O4S. The zero-order chi connectivity index (χ0) is 21.3. The van der Waals surface area contributed by atoms with E-state index < -0.39 is 32.9 Å². The molecule has 0 aliphatic heterocycles. The molecule has 0 aliphatic carbocycles. The molecule has 0 spiro atoms. The second-order valence-corrected chi connectivity index (χ2v) is 8.20. The first-order valence-corrected chi connectivity index (χ1v) is 9.91. The molecule has 3 rings (SSSR count). The molecule has 1 amide bonds. The van der Waals surface area contributed by atoms with E-state index in [2.05, 4.69) is 4.98 Å². The third-order valence-electron chi connectivity index (χ3n) is 3.96. The normalized spacial score (nSPS) is 11.4. The van der Waals surface area contributed by atoms with Gasteiger partial charge in [0.1, 0.15) is 0 Å². The van der Waals surface area contributed by atoms with E-state index in [9.17, 15) is 22.4 Å². The first-order valence-electron chi connectivity index (χ1n) is 8.04. The number of carbonyl (C=O) groups excluding carboxylic acids is 1. The Morgan fingerprint density at radius 1 is 1.24 bits per heavy atom. The number of halogens is 2. The monoisotopic (exact) mass is 439 g/mol. The lowest BCUT2D eigenvalue weighted by Crippen LogP contribution is -2.42. The molecule has 152 valence electrons. The van der Waals surface area contributed by atoms with E-state index in [1.165, 1.54) is 42.3 Å². The second-order valence-electron chi connectivity index (χ2n) is 6.12. The minimum Gasteiger partial charge on any atom is -0.340 e. The van der Waals surface area contributed by atoms with Gasteiger partial charge in [0, 0.05) is 38.1 Å². The van der Waals surface area contributed by atoms with Crippen LogP contribution in [-0.4, -0.2) is 28.4 Å². The molecule has 0 atom stereocenters. The summed E-state index contributed by atoms with van der Waals surface area (Å²) in [5, 5.41) is -0.326. The van der Waals surface area contributed by atoms with Gasteiger partial charge in [-0.3, -0.25) is 15.0 Å². The Bertz CT molecular complexity index is 1270. The summed E-state index contributed by atoms with van der Waals surface area (Å²) in [6.07, 6.45) is 4.42. The van der Waals surface area contributed by atoms with Gasteiger partial charge in [0.25, 0.3) is 21.5 Å². The highest BCUT2D eigenvalue weighted by Crippen LogP contribution is 2.27. The highest BCUT2D eigenvalue weighted by Gasteiger charge is 2.21. The lowest BCUT2D eigenvalue weighted by molar-refractivity contribution is 0.0941. The number of rotatable bonds is 5. The summed E-state index contributed by atoms with van der Waals surface area (Å²) in [6.45, 7) is 0. The van der Waals surface area contributed by atoms with Crippen LogP contribution >= 0.6 is 11.6 Å². The first-order chi connectivity index (χ1) is 13.6. The van der Waals surface area contributed by atoms with Crippen molar-refractivity contribution in [3.63, 3.8) is 0 Å². The summed E-state index contributed by atoms with van der Waals surface area (Å²) < 4.78 is 41.7. The largest absolute Gasteiger partial charge is 0.340 e. The smallest absolute Gasteiger partial charge is 0.269 e. The van der Waals surface area contributed by atoms with Gasteiger partial charge in [-0.1, -0.05) is 11.6 Å². The Balaban J connectivity index is 1.86. The number of nitrogens with one attached hydrogen (secondary N) is 2. The molecule has 1 aromatic carbocycles. The van der Waals surface area contributed by atoms with Crippen LogP contribution in [0.15, 0.2) is 52.7 Å². The molecule has 29 heavy (non-hydrogen) atoms. The first kappa shape index (κ1) is 20.7. The Kier molecular flexibility index (Phi) is 5.55. The molecule has 0 saturated carbocycles. The summed E-state index contributed by atoms with van der Waals surface area (Å²) >= 11 is 5.87. The Hall–Kier alpha value is -3.02. The van der Waals surface area contributed by atoms with Gasteiger partial charge in [-0.05, 0) is 18.2 Å². The summed E-state index contributed by atoms with van der Waals surface area (Å²) in [5.74, 6) is -2.09. The van der Waals surface area contributed by atoms with Gasteiger partial charge in [0.15, 0.2) is 5.82 Å². The molecular weight excluding hydrogens is 425 g/mol. The number of amides is 1. The lowest BCUT2D eigenvalue weighted by atomic mass is 10.1. The van der Waals surface area contributed by atoms with E-state index in [4.69, 9.17) is 11.6 Å². The maximum atomic E-state index is 14.4. The number of pyridine rings is 1. The van der Waals surface area contributed by atoms with Crippen LogP contribution < -0.4 is 15.8 Å². The van der Waals surface area contributed by atoms with Gasteiger partial charge in [0.05, 0.1) is 27.5 Å². The van der Waals surface area contributed by atoms with Crippen molar-refractivity contribution in [2.45, 2.75) is 4.90 Å². The molecule has 2 heterocycles. The van der Waals surface area contributed by atoms with E-state index in [0.29, 0.717) is 11.3 Å². The van der Waals surface area contributed by atoms with E-state index >= 15 is 0 Å². The molecule has 2 aromatic heterocycles. The molecule has 12 heteroatoms. The SMILES string of the molecule is Cn1cnc(-c2cc(Cl)c(F)c(C(=O)NNS(=O)(=O)c3ccn(C)c(=O)c3)c2)c1. The van der Waals surface area contributed by atoms with Gasteiger partial charge in [0.2, 0.25) is 0 Å². The number of nitrogens with zero attached hydrogens (tertiary/aromatic N) is 3. The van der Waals surface area contributed by atoms with Crippen molar-refractivity contribution in [2.75, 3.05) is 0 Å². The van der Waals surface area contributed by atoms with E-state index in [0.717, 1.165) is 6.07 Å². The number of carbonyl (C=O) groups is 1. The van der Waals surface area contributed by atoms with Crippen molar-refractivity contribution >= 4 is 27.5 Å². The van der Waals surface area contributed by atoms with Crippen LogP contribution in [-0.2, 0) is 24.1 Å². The third kappa shape index (κ3) is 4.36. The average molecular weight is 440 g/mol. The van der Waals surface area contributed by atoms with Crippen LogP contribution in [0.3, 0.4) is 0 Å². The molecule has 0 aliphatic rings. The van der Waals surface area contributed by atoms with Gasteiger partial charge in [-0.2, -0.15) is 0 Å². The minimum absolute atomic E-state index is 0.326. The van der Waals surface area contributed by atoms with Crippen LogP contribution in [0.25, 0.3) is 11.3 Å². The number of imidazole rings is 1. The van der Waals surface area contributed by atoms with Crippen LogP contribution in [0.2, 0.25) is 5.02 Å². The fraction of sp³-hybridized carbons (Fsp3) is 0.118. The summed E-state index contributed by atoms with van der Waals surface area (Å²) in [5.41, 5.74) is 1.70. The number of aryl methyl sites for hydroxylation is 2. The highest BCUT2D eigenvalue weighted by atomic mass is 35.5. The summed E-state index contributed by atoms with van der Waals surface area (Å²) in [7, 11) is -1.06. The summed E-state index contributed by atoms with van der Waals surface area (Å²) in [6, 6.07) is 4.56. The average Bonchev–Trinajstić information content (AvgIpc) is 3.10. The van der Waals surface area contributed by atoms with E-state index in [-0.39, 0.29) is 9.92 Å². The Morgan fingerprint density at radius 2 is 1.97 bits per heavy atom. The number of benzene rings is 1. The number of aromatic nitrogens is 3. The number of sulfonamides is 1. The fourth-order valence-electron chi connectivity index (χ4n) is 2.40. The topological polar surface area (TPSA) is 115 Å². The zero-order valence-corrected chi connectivity index (χ0v) is 16.8. The minimum atomic E-state index is -4.25. The number of hydrazine groups is 1. The predicted octanol–water partition coefficient (Wildman–Crippen LogP) is 1.20. The molecule has 2 N–H and O–H groups in total. The van der Waals surface area contributed by atoms with Crippen molar-refractivity contribution in [3.8, 4) is 11.3 Å². The summed E-state index contributed by atoms with van der Waals surface area (Å²) in [4.78, 5) is 29.6. The zero-order valence-electron chi connectivity index (χ0n) is 15.2. The lowest BCUT2D eigenvalue weighted by Gasteiger charge is -2.11. The maximum absolute atomic E-state index is 14.4. The molecule has 0 radical (unpaired) electrons. The Morgan fingerprint density at radius 3 is 2.59 bits per heavy atom. The third-order valence-corrected chi connectivity index (χ3v) is 5.48. The van der Waals surface area contributed by atoms with E-state index in [1.807, 2.05) is 10.3 Å². The molecule has 0 unspecified atom stereocenters. The standard InChI is InChI=1S/C17H15ClFN5O4S/c1-23-8-14(20-9-23)10-5-12(16(19)13(18)6-10)17(26)21-22-29(27,28)11-3-4-24(2)15(25)7-11/h3-9,22H,1-2H3,(H,21,26). The van der Waals surface area contributed by atoms with Crippen LogP contribution in [0.4, 0.5) is 4.39 Å². The molecule has 3 aromatic rings. The van der Waals surface area contributed by atoms with Crippen molar-refractivity contribution < 1.29 is 17.6 Å². The molecule has 0 saturated heterocycles. The molecule has 0 bridgehead atoms. The van der Waals surface area contributed by atoms with Crippen molar-refractivity contribution in [1.82, 2.24) is 24.4 Å². The van der Waals surface area contributed by atoms with Crippen LogP contribution in [0.5, 0.6) is 0 Å². The van der Waals surface area contributed by atoms with Crippen molar-refractivity contribution in [1.29, 1.82) is 0 Å². The van der Waals surface area contributed by atoms with Gasteiger partial charge in [-0.25, -0.2) is 17.8 Å². The fourth-order valence-corrected chi connectivity index (χ4v) is 3.46. The Labute approximate surface area is 169 Å². The second kappa shape index (κ2) is 7.78. The molecule has 9 nitrogen and oxygen atoms in total. The quantitative estimate of drug-likeness (QED) is 0.580. The predicted molar refractivity (Wildman–Crippen MR) is 103 cm³/mol.